The van der Waals surface area contributed by atoms with E-state index >= 15 is 0 Å². The minimum Gasteiger partial charge on any atom is -0.381 e. The van der Waals surface area contributed by atoms with E-state index in [1.807, 2.05) is 36.5 Å². The molecule has 0 spiro atoms. The Bertz CT molecular complexity index is 710. The molecule has 4 rings (SSSR count). The molecule has 0 unspecified atom stereocenters. The predicted molar refractivity (Wildman–Crippen MR) is 95.8 cm³/mol. The fraction of sp³-hybridized carbons (Fsp3) is 0.474. The largest absolute Gasteiger partial charge is 0.381 e. The van der Waals surface area contributed by atoms with Crippen LogP contribution in [0.2, 0.25) is 0 Å². The van der Waals surface area contributed by atoms with Crippen molar-refractivity contribution in [1.82, 2.24) is 14.7 Å². The molecule has 25 heavy (non-hydrogen) atoms. The van der Waals surface area contributed by atoms with Gasteiger partial charge in [0.15, 0.2) is 0 Å². The highest BCUT2D eigenvalue weighted by Crippen LogP contribution is 2.26. The van der Waals surface area contributed by atoms with Gasteiger partial charge in [-0.25, -0.2) is 4.68 Å². The van der Waals surface area contributed by atoms with E-state index in [9.17, 15) is 4.79 Å². The molecule has 6 nitrogen and oxygen atoms in total. The maximum absolute atomic E-state index is 12.9. The minimum atomic E-state index is -0.0311. The van der Waals surface area contributed by atoms with E-state index in [2.05, 4.69) is 15.3 Å². The lowest BCUT2D eigenvalue weighted by Crippen LogP contribution is -2.47. The van der Waals surface area contributed by atoms with Crippen molar-refractivity contribution in [3.8, 4) is 5.69 Å². The van der Waals surface area contributed by atoms with Crippen molar-refractivity contribution in [2.45, 2.75) is 37.8 Å². The Morgan fingerprint density at radius 2 is 2.08 bits per heavy atom. The molecule has 1 aromatic heterocycles. The molecule has 2 aromatic rings. The van der Waals surface area contributed by atoms with E-state index in [-0.39, 0.29) is 11.9 Å². The van der Waals surface area contributed by atoms with Crippen molar-refractivity contribution in [2.75, 3.05) is 25.1 Å². The van der Waals surface area contributed by atoms with E-state index in [1.54, 1.807) is 10.9 Å². The van der Waals surface area contributed by atoms with Gasteiger partial charge in [-0.15, -0.1) is 0 Å². The van der Waals surface area contributed by atoms with Gasteiger partial charge in [-0.05, 0) is 56.5 Å². The summed E-state index contributed by atoms with van der Waals surface area (Å²) in [5, 5.41) is 7.34. The molecule has 0 radical (unpaired) electrons. The molecule has 132 valence electrons. The molecule has 2 fully saturated rings. The molecule has 6 heteroatoms. The highest BCUT2D eigenvalue weighted by Gasteiger charge is 2.35. The van der Waals surface area contributed by atoms with Gasteiger partial charge in [0.25, 0.3) is 0 Å². The van der Waals surface area contributed by atoms with E-state index in [4.69, 9.17) is 4.74 Å². The number of rotatable bonds is 4. The number of carbonyl (C=O) groups excluding carboxylic acids is 1. The fourth-order valence-corrected chi connectivity index (χ4v) is 3.90. The second-order valence-corrected chi connectivity index (χ2v) is 6.73. The number of ether oxygens (including phenoxy) is 1. The summed E-state index contributed by atoms with van der Waals surface area (Å²) < 4.78 is 7.25. The summed E-state index contributed by atoms with van der Waals surface area (Å²) in [6.07, 6.45) is 7.71. The van der Waals surface area contributed by atoms with Crippen LogP contribution in [0.3, 0.4) is 0 Å². The SMILES string of the molecule is O=C(Nc1cccc(-n2cccn2)c1)[C@H]1CCCN1C1CCOCC1. The zero-order chi connectivity index (χ0) is 17.1. The van der Waals surface area contributed by atoms with E-state index in [1.165, 1.54) is 0 Å². The summed E-state index contributed by atoms with van der Waals surface area (Å²) >= 11 is 0. The molecule has 3 heterocycles. The van der Waals surface area contributed by atoms with Crippen LogP contribution in [-0.2, 0) is 9.53 Å². The molecule has 0 aliphatic carbocycles. The number of nitrogens with zero attached hydrogens (tertiary/aromatic N) is 3. The van der Waals surface area contributed by atoms with Crippen molar-refractivity contribution >= 4 is 11.6 Å². The fourth-order valence-electron chi connectivity index (χ4n) is 3.90. The average Bonchev–Trinajstić information content (AvgIpc) is 3.34. The van der Waals surface area contributed by atoms with Crippen LogP contribution in [0.1, 0.15) is 25.7 Å². The Kier molecular flexibility index (Phi) is 4.81. The highest BCUT2D eigenvalue weighted by atomic mass is 16.5. The Morgan fingerprint density at radius 3 is 2.88 bits per heavy atom. The summed E-state index contributed by atoms with van der Waals surface area (Å²) in [7, 11) is 0. The third kappa shape index (κ3) is 3.60. The molecule has 2 aliphatic rings. The van der Waals surface area contributed by atoms with Crippen molar-refractivity contribution in [1.29, 1.82) is 0 Å². The molecule has 1 amide bonds. The summed E-state index contributed by atoms with van der Waals surface area (Å²) in [4.78, 5) is 15.2. The number of likely N-dealkylation sites (tertiary alicyclic amines) is 1. The number of nitrogens with one attached hydrogen (secondary N) is 1. The molecule has 1 aromatic carbocycles. The van der Waals surface area contributed by atoms with E-state index in [0.717, 1.165) is 56.8 Å². The van der Waals surface area contributed by atoms with Gasteiger partial charge in [0.05, 0.1) is 11.7 Å². The molecule has 0 saturated carbocycles. The molecule has 2 saturated heterocycles. The molecule has 0 bridgehead atoms. The van der Waals surface area contributed by atoms with Gasteiger partial charge in [-0.3, -0.25) is 9.69 Å². The van der Waals surface area contributed by atoms with Gasteiger partial charge in [0, 0.05) is 37.3 Å². The number of anilines is 1. The first-order valence-electron chi connectivity index (χ1n) is 9.06. The highest BCUT2D eigenvalue weighted by molar-refractivity contribution is 5.95. The van der Waals surface area contributed by atoms with Crippen LogP contribution in [0.5, 0.6) is 0 Å². The van der Waals surface area contributed by atoms with Crippen LogP contribution >= 0.6 is 0 Å². The van der Waals surface area contributed by atoms with Crippen molar-refractivity contribution in [3.63, 3.8) is 0 Å². The Hall–Kier alpha value is -2.18. The molecule has 1 N–H and O–H groups in total. The number of carbonyl (C=O) groups is 1. The summed E-state index contributed by atoms with van der Waals surface area (Å²) in [5.74, 6) is 0.0987. The van der Waals surface area contributed by atoms with Crippen molar-refractivity contribution < 1.29 is 9.53 Å². The molecule has 1 atom stereocenters. The topological polar surface area (TPSA) is 59.4 Å². The zero-order valence-electron chi connectivity index (χ0n) is 14.3. The second kappa shape index (κ2) is 7.37. The molecular formula is C19H24N4O2. The van der Waals surface area contributed by atoms with Crippen LogP contribution in [0, 0.1) is 0 Å². The maximum atomic E-state index is 12.9. The minimum absolute atomic E-state index is 0.0311. The van der Waals surface area contributed by atoms with Gasteiger partial charge < -0.3 is 10.1 Å². The first kappa shape index (κ1) is 16.3. The Morgan fingerprint density at radius 1 is 1.20 bits per heavy atom. The maximum Gasteiger partial charge on any atom is 0.241 e. The van der Waals surface area contributed by atoms with Gasteiger partial charge in [0.2, 0.25) is 5.91 Å². The van der Waals surface area contributed by atoms with Gasteiger partial charge in [0.1, 0.15) is 0 Å². The molecule has 2 aliphatic heterocycles. The number of benzene rings is 1. The Labute approximate surface area is 147 Å². The van der Waals surface area contributed by atoms with Gasteiger partial charge >= 0.3 is 0 Å². The monoisotopic (exact) mass is 340 g/mol. The lowest BCUT2D eigenvalue weighted by molar-refractivity contribution is -0.121. The second-order valence-electron chi connectivity index (χ2n) is 6.73. The number of amides is 1. The third-order valence-corrected chi connectivity index (χ3v) is 5.14. The van der Waals surface area contributed by atoms with Crippen LogP contribution in [-0.4, -0.2) is 52.4 Å². The summed E-state index contributed by atoms with van der Waals surface area (Å²) in [6.45, 7) is 2.62. The number of hydrogen-bond donors (Lipinski definition) is 1. The van der Waals surface area contributed by atoms with Crippen LogP contribution in [0.25, 0.3) is 5.69 Å². The first-order valence-corrected chi connectivity index (χ1v) is 9.06. The molecular weight excluding hydrogens is 316 g/mol. The standard InChI is InChI=1S/C19H24N4O2/c24-19(18-6-2-10-22(18)16-7-12-25-13-8-16)21-15-4-1-5-17(14-15)23-11-3-9-20-23/h1,3-5,9,11,14,16,18H,2,6-8,10,12-13H2,(H,21,24)/t18-/m1/s1. The van der Waals surface area contributed by atoms with Crippen LogP contribution in [0.4, 0.5) is 5.69 Å². The lowest BCUT2D eigenvalue weighted by Gasteiger charge is -2.34. The smallest absolute Gasteiger partial charge is 0.241 e. The first-order chi connectivity index (χ1) is 12.3. The van der Waals surface area contributed by atoms with Crippen LogP contribution in [0.15, 0.2) is 42.7 Å². The van der Waals surface area contributed by atoms with Gasteiger partial charge in [-0.2, -0.15) is 5.10 Å². The number of aromatic nitrogens is 2. The summed E-state index contributed by atoms with van der Waals surface area (Å²) in [6, 6.07) is 10.1. The predicted octanol–water partition coefficient (Wildman–Crippen LogP) is 2.45. The average molecular weight is 340 g/mol. The Balaban J connectivity index is 1.45. The van der Waals surface area contributed by atoms with Crippen molar-refractivity contribution in [3.05, 3.63) is 42.7 Å². The normalized spacial score (nSPS) is 22.2. The zero-order valence-corrected chi connectivity index (χ0v) is 14.3. The third-order valence-electron chi connectivity index (χ3n) is 5.14. The van der Waals surface area contributed by atoms with Crippen LogP contribution < -0.4 is 5.32 Å². The van der Waals surface area contributed by atoms with E-state index < -0.39 is 0 Å². The van der Waals surface area contributed by atoms with E-state index in [0.29, 0.717) is 6.04 Å². The quantitative estimate of drug-likeness (QED) is 0.929. The summed E-state index contributed by atoms with van der Waals surface area (Å²) in [5.41, 5.74) is 1.76. The van der Waals surface area contributed by atoms with Crippen molar-refractivity contribution in [2.24, 2.45) is 0 Å². The van der Waals surface area contributed by atoms with Gasteiger partial charge in [-0.1, -0.05) is 6.07 Å². The lowest BCUT2D eigenvalue weighted by atomic mass is 10.1. The number of hydrogen-bond acceptors (Lipinski definition) is 4.